The highest BCUT2D eigenvalue weighted by Gasteiger charge is 2.40. The first-order valence-electron chi connectivity index (χ1n) is 8.37. The van der Waals surface area contributed by atoms with Gasteiger partial charge in [-0.15, -0.1) is 0 Å². The van der Waals surface area contributed by atoms with Crippen LogP contribution in [0.2, 0.25) is 0 Å². The highest BCUT2D eigenvalue weighted by Crippen LogP contribution is 2.55. The Morgan fingerprint density at radius 1 is 1.36 bits per heavy atom. The first kappa shape index (κ1) is 20.6. The number of carboxylic acids is 1. The van der Waals surface area contributed by atoms with E-state index in [-0.39, 0.29) is 11.3 Å². The first-order valence-corrected chi connectivity index (χ1v) is 10.9. The van der Waals surface area contributed by atoms with Crippen molar-refractivity contribution in [3.05, 3.63) is 10.4 Å². The van der Waals surface area contributed by atoms with Gasteiger partial charge in [-0.1, -0.05) is 98.0 Å². The van der Waals surface area contributed by atoms with Crippen molar-refractivity contribution >= 4 is 51.9 Å². The Hall–Kier alpha value is 0.580. The van der Waals surface area contributed by atoms with E-state index in [4.69, 9.17) is 11.6 Å². The minimum atomic E-state index is -0.653. The molecule has 0 fully saturated rings. The lowest BCUT2D eigenvalue weighted by atomic mass is 9.79. The molecule has 0 spiro atoms. The van der Waals surface area contributed by atoms with Crippen LogP contribution in [-0.2, 0) is 4.79 Å². The maximum Gasteiger partial charge on any atom is 0.306 e. The Labute approximate surface area is 158 Å². The summed E-state index contributed by atoms with van der Waals surface area (Å²) in [5.74, 6) is -0.849. The van der Waals surface area contributed by atoms with E-state index in [1.54, 1.807) is 11.8 Å². The average molecular weight is 459 g/mol. The predicted molar refractivity (Wildman–Crippen MR) is 106 cm³/mol. The number of alkyl halides is 1. The Morgan fingerprint density at radius 2 is 2.05 bits per heavy atom. The topological polar surface area (TPSA) is 37.3 Å². The second-order valence-electron chi connectivity index (χ2n) is 6.26. The van der Waals surface area contributed by atoms with Crippen LogP contribution in [0.4, 0.5) is 0 Å². The normalized spacial score (nSPS) is 26.0. The van der Waals surface area contributed by atoms with Crippen molar-refractivity contribution in [1.82, 2.24) is 0 Å². The summed E-state index contributed by atoms with van der Waals surface area (Å²) in [7, 11) is 0. The maximum absolute atomic E-state index is 11.2. The number of carbonyl (C=O) groups is 1. The highest BCUT2D eigenvalue weighted by molar-refractivity contribution is 14.1. The van der Waals surface area contributed by atoms with Gasteiger partial charge >= 0.3 is 5.97 Å². The van der Waals surface area contributed by atoms with Crippen molar-refractivity contribution < 1.29 is 9.90 Å². The van der Waals surface area contributed by atoms with E-state index in [2.05, 4.69) is 35.6 Å². The number of hydrogen-bond acceptors (Lipinski definition) is 2. The number of carboxylic acid groups (broad SMARTS) is 1. The summed E-state index contributed by atoms with van der Waals surface area (Å²) >= 11 is 10.5. The van der Waals surface area contributed by atoms with Gasteiger partial charge in [0.2, 0.25) is 0 Å². The van der Waals surface area contributed by atoms with Crippen LogP contribution in [0.25, 0.3) is 0 Å². The van der Waals surface area contributed by atoms with Gasteiger partial charge in [0.05, 0.1) is 13.5 Å². The monoisotopic (exact) mass is 458 g/mol. The molecule has 2 nitrogen and oxygen atoms in total. The van der Waals surface area contributed by atoms with E-state index < -0.39 is 5.97 Å². The highest BCUT2D eigenvalue weighted by atomic mass is 127. The fourth-order valence-electron chi connectivity index (χ4n) is 3.10. The van der Waals surface area contributed by atoms with Gasteiger partial charge in [0.1, 0.15) is 0 Å². The van der Waals surface area contributed by atoms with Gasteiger partial charge in [0, 0.05) is 5.41 Å². The molecule has 1 aliphatic heterocycles. The van der Waals surface area contributed by atoms with Gasteiger partial charge in [-0.2, -0.15) is 0 Å². The zero-order chi connectivity index (χ0) is 16.6. The van der Waals surface area contributed by atoms with Gasteiger partial charge in [-0.3, -0.25) is 4.79 Å². The molecule has 0 amide bonds. The van der Waals surface area contributed by atoms with Crippen LogP contribution in [0, 0.1) is 11.3 Å². The number of thioether (sulfide) groups is 1. The lowest BCUT2D eigenvalue weighted by Crippen LogP contribution is -2.25. The number of halogens is 2. The molecule has 1 aliphatic rings. The SMILES string of the molecule is CCCCCCC1(CCCC(CC)C(=O)O)C=C(Cl)SC1I. The predicted octanol–water partition coefficient (Wildman–Crippen LogP) is 6.81. The van der Waals surface area contributed by atoms with Crippen LogP contribution in [-0.4, -0.2) is 14.3 Å². The molecule has 0 saturated carbocycles. The summed E-state index contributed by atoms with van der Waals surface area (Å²) < 4.78 is 1.39. The summed E-state index contributed by atoms with van der Waals surface area (Å²) in [6.45, 7) is 4.19. The summed E-state index contributed by atoms with van der Waals surface area (Å²) in [6, 6.07) is 0. The van der Waals surface area contributed by atoms with E-state index in [0.717, 1.165) is 30.0 Å². The van der Waals surface area contributed by atoms with E-state index in [1.807, 2.05) is 6.92 Å². The fourth-order valence-corrected chi connectivity index (χ4v) is 6.70. The second kappa shape index (κ2) is 10.4. The van der Waals surface area contributed by atoms with Crippen LogP contribution in [0.1, 0.15) is 71.6 Å². The maximum atomic E-state index is 11.2. The third kappa shape index (κ3) is 6.23. The first-order chi connectivity index (χ1) is 10.4. The van der Waals surface area contributed by atoms with Gasteiger partial charge in [0.25, 0.3) is 0 Å². The summed E-state index contributed by atoms with van der Waals surface area (Å²) in [5.41, 5.74) is 0.160. The molecular weight excluding hydrogens is 431 g/mol. The molecule has 0 aromatic heterocycles. The third-order valence-corrected chi connectivity index (χ3v) is 8.00. The number of unbranched alkanes of at least 4 members (excludes halogenated alkanes) is 3. The molecule has 0 aromatic rings. The number of hydrogen-bond donors (Lipinski definition) is 1. The van der Waals surface area contributed by atoms with Gasteiger partial charge in [-0.05, 0) is 25.7 Å². The van der Waals surface area contributed by atoms with E-state index >= 15 is 0 Å². The van der Waals surface area contributed by atoms with Crippen molar-refractivity contribution in [2.24, 2.45) is 11.3 Å². The molecule has 1 rings (SSSR count). The van der Waals surface area contributed by atoms with Crippen molar-refractivity contribution in [3.63, 3.8) is 0 Å². The zero-order valence-corrected chi connectivity index (χ0v) is 17.3. The van der Waals surface area contributed by atoms with Crippen LogP contribution >= 0.6 is 46.0 Å². The second-order valence-corrected chi connectivity index (χ2v) is 10.1. The minimum Gasteiger partial charge on any atom is -0.481 e. The minimum absolute atomic E-state index is 0.160. The quantitative estimate of drug-likeness (QED) is 0.210. The Bertz CT molecular complexity index is 389. The molecular formula is C17H28ClIO2S. The molecule has 22 heavy (non-hydrogen) atoms. The molecule has 3 unspecified atom stereocenters. The van der Waals surface area contributed by atoms with E-state index in [0.29, 0.717) is 3.26 Å². The molecule has 0 aliphatic carbocycles. The van der Waals surface area contributed by atoms with E-state index in [9.17, 15) is 9.90 Å². The van der Waals surface area contributed by atoms with Crippen LogP contribution in [0.15, 0.2) is 10.4 Å². The van der Waals surface area contributed by atoms with Gasteiger partial charge in [-0.25, -0.2) is 0 Å². The van der Waals surface area contributed by atoms with Crippen molar-refractivity contribution in [2.75, 3.05) is 0 Å². The molecule has 5 heteroatoms. The van der Waals surface area contributed by atoms with Crippen molar-refractivity contribution in [2.45, 2.75) is 74.9 Å². The average Bonchev–Trinajstić information content (AvgIpc) is 2.74. The standard InChI is InChI=1S/C17H28ClIO2S/c1-3-5-6-7-10-17(12-14(18)22-16(17)19)11-8-9-13(4-2)15(20)21/h12-13,16H,3-11H2,1-2H3,(H,20,21). The van der Waals surface area contributed by atoms with Crippen molar-refractivity contribution in [1.29, 1.82) is 0 Å². The van der Waals surface area contributed by atoms with Crippen molar-refractivity contribution in [3.8, 4) is 0 Å². The summed E-state index contributed by atoms with van der Waals surface area (Å²) in [4.78, 5) is 11.2. The molecule has 1 N–H and O–H groups in total. The third-order valence-electron chi connectivity index (χ3n) is 4.60. The van der Waals surface area contributed by atoms with Crippen LogP contribution in [0.5, 0.6) is 0 Å². The van der Waals surface area contributed by atoms with Crippen LogP contribution in [0.3, 0.4) is 0 Å². The van der Waals surface area contributed by atoms with Gasteiger partial charge < -0.3 is 5.11 Å². The van der Waals surface area contributed by atoms with Gasteiger partial charge in [0.15, 0.2) is 0 Å². The fraction of sp³-hybridized carbons (Fsp3) is 0.824. The van der Waals surface area contributed by atoms with Crippen LogP contribution < -0.4 is 0 Å². The Balaban J connectivity index is 2.58. The summed E-state index contributed by atoms with van der Waals surface area (Å²) in [5, 5.41) is 9.19. The molecule has 0 radical (unpaired) electrons. The zero-order valence-electron chi connectivity index (χ0n) is 13.6. The number of aliphatic carboxylic acids is 1. The van der Waals surface area contributed by atoms with E-state index in [1.165, 1.54) is 32.1 Å². The number of rotatable bonds is 11. The Kier molecular flexibility index (Phi) is 9.79. The number of allylic oxidation sites excluding steroid dienone is 1. The largest absolute Gasteiger partial charge is 0.481 e. The molecule has 3 atom stereocenters. The molecule has 1 heterocycles. The lowest BCUT2D eigenvalue weighted by Gasteiger charge is -2.31. The lowest BCUT2D eigenvalue weighted by molar-refractivity contribution is -0.142. The molecule has 0 saturated heterocycles. The Morgan fingerprint density at radius 3 is 2.55 bits per heavy atom. The molecule has 0 aromatic carbocycles. The molecule has 128 valence electrons. The smallest absolute Gasteiger partial charge is 0.306 e. The molecule has 0 bridgehead atoms. The summed E-state index contributed by atoms with van der Waals surface area (Å²) in [6.07, 6.45) is 12.0.